The Kier molecular flexibility index (Phi) is 5.91. The summed E-state index contributed by atoms with van der Waals surface area (Å²) in [5.74, 6) is 2.95. The Bertz CT molecular complexity index is 468. The number of hydrogen-bond donors (Lipinski definition) is 1. The molecule has 0 amide bonds. The van der Waals surface area contributed by atoms with Gasteiger partial charge >= 0.3 is 0 Å². The van der Waals surface area contributed by atoms with Crippen molar-refractivity contribution >= 4 is 0 Å². The van der Waals surface area contributed by atoms with Gasteiger partial charge in [0.15, 0.2) is 0 Å². The molecule has 1 aliphatic heterocycles. The number of nitrogens with two attached hydrogens (primary N) is 1. The highest BCUT2D eigenvalue weighted by Gasteiger charge is 2.29. The Morgan fingerprint density at radius 2 is 1.82 bits per heavy atom. The van der Waals surface area contributed by atoms with E-state index in [1.807, 2.05) is 12.1 Å². The molecule has 0 unspecified atom stereocenters. The van der Waals surface area contributed by atoms with E-state index in [1.165, 1.54) is 12.8 Å². The molecule has 0 radical (unpaired) electrons. The van der Waals surface area contributed by atoms with Crippen LogP contribution in [-0.2, 0) is 0 Å². The smallest absolute Gasteiger partial charge is 0.131 e. The molecule has 124 valence electrons. The van der Waals surface area contributed by atoms with Crippen LogP contribution in [0.1, 0.15) is 31.4 Å². The van der Waals surface area contributed by atoms with Crippen LogP contribution in [0.2, 0.25) is 0 Å². The number of methoxy groups -OCH3 is 3. The van der Waals surface area contributed by atoms with Gasteiger partial charge in [-0.15, -0.1) is 0 Å². The van der Waals surface area contributed by atoms with Crippen molar-refractivity contribution in [1.82, 2.24) is 4.90 Å². The van der Waals surface area contributed by atoms with Crippen LogP contribution in [-0.4, -0.2) is 45.9 Å². The fourth-order valence-corrected chi connectivity index (χ4v) is 3.32. The lowest BCUT2D eigenvalue weighted by Gasteiger charge is -2.38. The monoisotopic (exact) mass is 308 g/mol. The van der Waals surface area contributed by atoms with E-state index in [0.29, 0.717) is 12.5 Å². The van der Waals surface area contributed by atoms with Gasteiger partial charge in [-0.25, -0.2) is 0 Å². The SMILES string of the molecule is COc1cc(OC)c([C@H](CN)N2CCC[C@H](C)C2)c(OC)c1. The average molecular weight is 308 g/mol. The summed E-state index contributed by atoms with van der Waals surface area (Å²) in [5, 5.41) is 0. The summed E-state index contributed by atoms with van der Waals surface area (Å²) in [6, 6.07) is 3.89. The molecule has 1 saturated heterocycles. The van der Waals surface area contributed by atoms with Crippen LogP contribution in [0.5, 0.6) is 17.2 Å². The van der Waals surface area contributed by atoms with Crippen LogP contribution in [0.3, 0.4) is 0 Å². The first kappa shape index (κ1) is 16.9. The van der Waals surface area contributed by atoms with E-state index in [9.17, 15) is 0 Å². The van der Waals surface area contributed by atoms with Gasteiger partial charge in [0.05, 0.1) is 32.9 Å². The van der Waals surface area contributed by atoms with E-state index in [4.69, 9.17) is 19.9 Å². The Morgan fingerprint density at radius 1 is 1.18 bits per heavy atom. The molecule has 1 aromatic rings. The molecule has 1 aliphatic rings. The van der Waals surface area contributed by atoms with Gasteiger partial charge in [0.1, 0.15) is 17.2 Å². The fraction of sp³-hybridized carbons (Fsp3) is 0.647. The highest BCUT2D eigenvalue weighted by Crippen LogP contribution is 2.41. The van der Waals surface area contributed by atoms with Crippen LogP contribution >= 0.6 is 0 Å². The molecule has 0 saturated carbocycles. The first-order valence-corrected chi connectivity index (χ1v) is 7.88. The first-order chi connectivity index (χ1) is 10.6. The maximum absolute atomic E-state index is 6.11. The van der Waals surface area contributed by atoms with Crippen LogP contribution in [0.25, 0.3) is 0 Å². The largest absolute Gasteiger partial charge is 0.496 e. The summed E-state index contributed by atoms with van der Waals surface area (Å²) in [6.07, 6.45) is 2.49. The van der Waals surface area contributed by atoms with E-state index >= 15 is 0 Å². The van der Waals surface area contributed by atoms with Gasteiger partial charge in [-0.3, -0.25) is 4.90 Å². The van der Waals surface area contributed by atoms with Crippen LogP contribution in [0.4, 0.5) is 0 Å². The summed E-state index contributed by atoms with van der Waals surface area (Å²) in [6.45, 7) is 4.94. The molecule has 0 aliphatic carbocycles. The van der Waals surface area contributed by atoms with Gasteiger partial charge in [0.2, 0.25) is 0 Å². The van der Waals surface area contributed by atoms with Crippen LogP contribution in [0.15, 0.2) is 12.1 Å². The molecule has 0 aromatic heterocycles. The van der Waals surface area contributed by atoms with Crippen LogP contribution < -0.4 is 19.9 Å². The van der Waals surface area contributed by atoms with Crippen molar-refractivity contribution < 1.29 is 14.2 Å². The number of benzene rings is 1. The van der Waals surface area contributed by atoms with Crippen molar-refractivity contribution in [3.8, 4) is 17.2 Å². The molecule has 5 heteroatoms. The van der Waals surface area contributed by atoms with Crippen molar-refractivity contribution in [2.75, 3.05) is 41.0 Å². The third kappa shape index (κ3) is 3.47. The van der Waals surface area contributed by atoms with Gasteiger partial charge in [0, 0.05) is 25.2 Å². The lowest BCUT2D eigenvalue weighted by atomic mass is 9.95. The van der Waals surface area contributed by atoms with Crippen LogP contribution in [0, 0.1) is 5.92 Å². The van der Waals surface area contributed by atoms with Crippen molar-refractivity contribution in [3.63, 3.8) is 0 Å². The number of hydrogen-bond acceptors (Lipinski definition) is 5. The predicted molar refractivity (Wildman–Crippen MR) is 87.9 cm³/mol. The standard InChI is InChI=1S/C17H28N2O3/c1-12-6-5-7-19(11-12)14(10-18)17-15(21-3)8-13(20-2)9-16(17)22-4/h8-9,12,14H,5-7,10-11,18H2,1-4H3/t12-,14-/m0/s1. The third-order valence-electron chi connectivity index (χ3n) is 4.44. The molecule has 1 heterocycles. The quantitative estimate of drug-likeness (QED) is 0.875. The van der Waals surface area contributed by atoms with E-state index in [-0.39, 0.29) is 6.04 Å². The first-order valence-electron chi connectivity index (χ1n) is 7.88. The maximum Gasteiger partial charge on any atom is 0.131 e. The predicted octanol–water partition coefficient (Wildman–Crippen LogP) is 2.44. The summed E-state index contributed by atoms with van der Waals surface area (Å²) in [5.41, 5.74) is 7.13. The number of ether oxygens (including phenoxy) is 3. The van der Waals surface area contributed by atoms with E-state index < -0.39 is 0 Å². The molecule has 22 heavy (non-hydrogen) atoms. The fourth-order valence-electron chi connectivity index (χ4n) is 3.32. The highest BCUT2D eigenvalue weighted by molar-refractivity contribution is 5.52. The lowest BCUT2D eigenvalue weighted by molar-refractivity contribution is 0.129. The molecule has 0 bridgehead atoms. The van der Waals surface area contributed by atoms with Gasteiger partial charge in [-0.05, 0) is 25.3 Å². The molecule has 2 N–H and O–H groups in total. The van der Waals surface area contributed by atoms with Crippen molar-refractivity contribution in [2.45, 2.75) is 25.8 Å². The van der Waals surface area contributed by atoms with E-state index in [0.717, 1.165) is 35.9 Å². The number of nitrogens with zero attached hydrogens (tertiary/aromatic N) is 1. The zero-order valence-corrected chi connectivity index (χ0v) is 14.1. The van der Waals surface area contributed by atoms with Crippen molar-refractivity contribution in [2.24, 2.45) is 11.7 Å². The molecule has 2 rings (SSSR count). The second-order valence-corrected chi connectivity index (χ2v) is 5.94. The lowest BCUT2D eigenvalue weighted by Crippen LogP contribution is -2.40. The molecule has 1 fully saturated rings. The molecular weight excluding hydrogens is 280 g/mol. The Balaban J connectivity index is 2.42. The molecule has 1 aromatic carbocycles. The second kappa shape index (κ2) is 7.70. The molecule has 0 spiro atoms. The minimum atomic E-state index is 0.0959. The number of likely N-dealkylation sites (tertiary alicyclic amines) is 1. The highest BCUT2D eigenvalue weighted by atomic mass is 16.5. The zero-order valence-electron chi connectivity index (χ0n) is 14.1. The number of piperidine rings is 1. The molecule has 2 atom stereocenters. The Morgan fingerprint density at radius 3 is 2.27 bits per heavy atom. The average Bonchev–Trinajstić information content (AvgIpc) is 2.55. The Hall–Kier alpha value is -1.46. The topological polar surface area (TPSA) is 57.0 Å². The summed E-state index contributed by atoms with van der Waals surface area (Å²) in [7, 11) is 4.98. The minimum absolute atomic E-state index is 0.0959. The van der Waals surface area contributed by atoms with Gasteiger partial charge in [-0.2, -0.15) is 0 Å². The van der Waals surface area contributed by atoms with E-state index in [1.54, 1.807) is 21.3 Å². The zero-order chi connectivity index (χ0) is 16.1. The second-order valence-electron chi connectivity index (χ2n) is 5.94. The maximum atomic E-state index is 6.11. The third-order valence-corrected chi connectivity index (χ3v) is 4.44. The van der Waals surface area contributed by atoms with Gasteiger partial charge in [-0.1, -0.05) is 6.92 Å². The van der Waals surface area contributed by atoms with Crippen molar-refractivity contribution in [3.05, 3.63) is 17.7 Å². The molecule has 5 nitrogen and oxygen atoms in total. The summed E-state index contributed by atoms with van der Waals surface area (Å²) < 4.78 is 16.5. The normalized spacial score (nSPS) is 20.5. The van der Waals surface area contributed by atoms with E-state index in [2.05, 4.69) is 11.8 Å². The summed E-state index contributed by atoms with van der Waals surface area (Å²) in [4.78, 5) is 2.45. The summed E-state index contributed by atoms with van der Waals surface area (Å²) >= 11 is 0. The molecular formula is C17H28N2O3. The van der Waals surface area contributed by atoms with Gasteiger partial charge in [0.25, 0.3) is 0 Å². The Labute approximate surface area is 133 Å². The number of rotatable bonds is 6. The minimum Gasteiger partial charge on any atom is -0.496 e. The van der Waals surface area contributed by atoms with Crippen molar-refractivity contribution in [1.29, 1.82) is 0 Å². The van der Waals surface area contributed by atoms with Gasteiger partial charge < -0.3 is 19.9 Å².